The zero-order valence-electron chi connectivity index (χ0n) is 13.3. The Labute approximate surface area is 127 Å². The highest BCUT2D eigenvalue weighted by Crippen LogP contribution is 2.13. The van der Waals surface area contributed by atoms with E-state index in [1.165, 1.54) is 0 Å². The van der Waals surface area contributed by atoms with Gasteiger partial charge < -0.3 is 20.7 Å². The van der Waals surface area contributed by atoms with E-state index in [4.69, 9.17) is 10.5 Å². The van der Waals surface area contributed by atoms with Crippen LogP contribution in [0.1, 0.15) is 33.1 Å². The normalized spacial score (nSPS) is 16.9. The summed E-state index contributed by atoms with van der Waals surface area (Å²) in [6, 6.07) is 0. The lowest BCUT2D eigenvalue weighted by atomic mass is 9.94. The molecule has 1 saturated heterocycles. The number of carbonyl (C=O) groups is 2. The smallest absolute Gasteiger partial charge is 0.224 e. The third kappa shape index (κ3) is 7.43. The molecular weight excluding hydrogens is 270 g/mol. The Morgan fingerprint density at radius 1 is 1.29 bits per heavy atom. The van der Waals surface area contributed by atoms with Gasteiger partial charge in [-0.05, 0) is 24.8 Å². The van der Waals surface area contributed by atoms with E-state index in [2.05, 4.69) is 19.2 Å². The van der Waals surface area contributed by atoms with Crippen molar-refractivity contribution in [2.24, 2.45) is 17.6 Å². The molecule has 0 aromatic carbocycles. The van der Waals surface area contributed by atoms with Crippen molar-refractivity contribution in [3.8, 4) is 0 Å². The number of nitrogens with zero attached hydrogens (tertiary/aromatic N) is 1. The zero-order valence-corrected chi connectivity index (χ0v) is 13.3. The van der Waals surface area contributed by atoms with Crippen LogP contribution in [-0.4, -0.2) is 56.1 Å². The molecule has 21 heavy (non-hydrogen) atoms. The van der Waals surface area contributed by atoms with Crippen molar-refractivity contribution in [3.05, 3.63) is 0 Å². The fourth-order valence-electron chi connectivity index (χ4n) is 2.54. The van der Waals surface area contributed by atoms with E-state index in [0.29, 0.717) is 58.2 Å². The van der Waals surface area contributed by atoms with Crippen molar-refractivity contribution in [1.82, 2.24) is 10.2 Å². The quantitative estimate of drug-likeness (QED) is 0.678. The summed E-state index contributed by atoms with van der Waals surface area (Å²) >= 11 is 0. The predicted octanol–water partition coefficient (Wildman–Crippen LogP) is 0.363. The lowest BCUT2D eigenvalue weighted by Gasteiger charge is -2.26. The molecule has 1 aliphatic heterocycles. The molecule has 122 valence electrons. The SMILES string of the molecule is CC(C)CC(CN)CC(=O)NCCC(=O)N1CCOCC1. The average Bonchev–Trinajstić information content (AvgIpc) is 2.46. The fourth-order valence-corrected chi connectivity index (χ4v) is 2.54. The van der Waals surface area contributed by atoms with Gasteiger partial charge in [-0.25, -0.2) is 0 Å². The Balaban J connectivity index is 2.18. The molecule has 0 aromatic rings. The highest BCUT2D eigenvalue weighted by atomic mass is 16.5. The van der Waals surface area contributed by atoms with E-state index in [9.17, 15) is 9.59 Å². The number of amides is 2. The summed E-state index contributed by atoms with van der Waals surface area (Å²) in [6.07, 6.45) is 1.75. The van der Waals surface area contributed by atoms with Gasteiger partial charge in [0.05, 0.1) is 13.2 Å². The van der Waals surface area contributed by atoms with E-state index in [1.54, 1.807) is 4.90 Å². The molecule has 1 fully saturated rings. The predicted molar refractivity (Wildman–Crippen MR) is 81.6 cm³/mol. The van der Waals surface area contributed by atoms with Crippen LogP contribution < -0.4 is 11.1 Å². The highest BCUT2D eigenvalue weighted by molar-refractivity contribution is 5.79. The van der Waals surface area contributed by atoms with Gasteiger partial charge in [0.25, 0.3) is 0 Å². The molecule has 1 unspecified atom stereocenters. The molecule has 3 N–H and O–H groups in total. The van der Waals surface area contributed by atoms with Crippen molar-refractivity contribution >= 4 is 11.8 Å². The van der Waals surface area contributed by atoms with Crippen LogP contribution in [0.4, 0.5) is 0 Å². The molecule has 0 spiro atoms. The second kappa shape index (κ2) is 9.73. The maximum atomic E-state index is 11.9. The lowest BCUT2D eigenvalue weighted by molar-refractivity contribution is -0.135. The molecule has 2 amide bonds. The van der Waals surface area contributed by atoms with Crippen LogP contribution >= 0.6 is 0 Å². The van der Waals surface area contributed by atoms with Crippen LogP contribution in [0.15, 0.2) is 0 Å². The minimum absolute atomic E-state index is 0.0131. The van der Waals surface area contributed by atoms with Gasteiger partial charge in [-0.15, -0.1) is 0 Å². The Morgan fingerprint density at radius 3 is 2.52 bits per heavy atom. The van der Waals surface area contributed by atoms with Crippen molar-refractivity contribution in [1.29, 1.82) is 0 Å². The Hall–Kier alpha value is -1.14. The monoisotopic (exact) mass is 299 g/mol. The van der Waals surface area contributed by atoms with Crippen molar-refractivity contribution in [3.63, 3.8) is 0 Å². The van der Waals surface area contributed by atoms with E-state index in [0.717, 1.165) is 6.42 Å². The number of nitrogens with one attached hydrogen (secondary N) is 1. The number of rotatable bonds is 8. The number of carbonyl (C=O) groups excluding carboxylic acids is 2. The summed E-state index contributed by atoms with van der Waals surface area (Å²) in [5, 5.41) is 2.82. The molecule has 1 rings (SSSR count). The summed E-state index contributed by atoms with van der Waals surface area (Å²) in [5.41, 5.74) is 5.69. The molecule has 0 saturated carbocycles. The minimum atomic E-state index is -0.0131. The van der Waals surface area contributed by atoms with Crippen LogP contribution in [0, 0.1) is 11.8 Å². The van der Waals surface area contributed by atoms with Crippen LogP contribution in [-0.2, 0) is 14.3 Å². The summed E-state index contributed by atoms with van der Waals surface area (Å²) in [6.45, 7) is 7.68. The van der Waals surface area contributed by atoms with E-state index < -0.39 is 0 Å². The van der Waals surface area contributed by atoms with Gasteiger partial charge in [0.2, 0.25) is 11.8 Å². The summed E-state index contributed by atoms with van der Waals surface area (Å²) < 4.78 is 5.20. The highest BCUT2D eigenvalue weighted by Gasteiger charge is 2.17. The van der Waals surface area contributed by atoms with Crippen LogP contribution in [0.25, 0.3) is 0 Å². The largest absolute Gasteiger partial charge is 0.378 e. The van der Waals surface area contributed by atoms with Crippen LogP contribution in [0.5, 0.6) is 0 Å². The van der Waals surface area contributed by atoms with Crippen LogP contribution in [0.3, 0.4) is 0 Å². The Kier molecular flexibility index (Phi) is 8.30. The molecule has 0 bridgehead atoms. The molecule has 0 aromatic heterocycles. The second-order valence-electron chi connectivity index (χ2n) is 6.03. The first-order chi connectivity index (χ1) is 10.0. The summed E-state index contributed by atoms with van der Waals surface area (Å²) in [4.78, 5) is 25.5. The molecule has 1 heterocycles. The average molecular weight is 299 g/mol. The summed E-state index contributed by atoms with van der Waals surface area (Å²) in [7, 11) is 0. The number of hydrogen-bond acceptors (Lipinski definition) is 4. The van der Waals surface area contributed by atoms with E-state index in [1.807, 2.05) is 0 Å². The van der Waals surface area contributed by atoms with Gasteiger partial charge in [0.1, 0.15) is 0 Å². The molecular formula is C15H29N3O3. The van der Waals surface area contributed by atoms with Gasteiger partial charge >= 0.3 is 0 Å². The fraction of sp³-hybridized carbons (Fsp3) is 0.867. The molecule has 6 nitrogen and oxygen atoms in total. The molecule has 0 aliphatic carbocycles. The topological polar surface area (TPSA) is 84.7 Å². The van der Waals surface area contributed by atoms with Crippen molar-refractivity contribution in [2.75, 3.05) is 39.4 Å². The first-order valence-corrected chi connectivity index (χ1v) is 7.85. The first-order valence-electron chi connectivity index (χ1n) is 7.85. The molecule has 1 atom stereocenters. The maximum absolute atomic E-state index is 11.9. The Bertz CT molecular complexity index is 328. The summed E-state index contributed by atoms with van der Waals surface area (Å²) in [5.74, 6) is 0.825. The lowest BCUT2D eigenvalue weighted by Crippen LogP contribution is -2.42. The minimum Gasteiger partial charge on any atom is -0.378 e. The van der Waals surface area contributed by atoms with Gasteiger partial charge in [-0.3, -0.25) is 9.59 Å². The maximum Gasteiger partial charge on any atom is 0.224 e. The van der Waals surface area contributed by atoms with Gasteiger partial charge in [0.15, 0.2) is 0 Å². The molecule has 0 radical (unpaired) electrons. The van der Waals surface area contributed by atoms with Gasteiger partial charge in [0, 0.05) is 32.5 Å². The zero-order chi connectivity index (χ0) is 15.7. The van der Waals surface area contributed by atoms with Crippen LogP contribution in [0.2, 0.25) is 0 Å². The van der Waals surface area contributed by atoms with Gasteiger partial charge in [-0.2, -0.15) is 0 Å². The van der Waals surface area contributed by atoms with Crippen molar-refractivity contribution in [2.45, 2.75) is 33.1 Å². The number of morpholine rings is 1. The standard InChI is InChI=1S/C15H29N3O3/c1-12(2)9-13(11-16)10-14(19)17-4-3-15(20)18-5-7-21-8-6-18/h12-13H,3-11,16H2,1-2H3,(H,17,19). The number of ether oxygens (including phenoxy) is 1. The number of nitrogens with two attached hydrogens (primary N) is 1. The Morgan fingerprint density at radius 2 is 1.95 bits per heavy atom. The van der Waals surface area contributed by atoms with E-state index in [-0.39, 0.29) is 17.7 Å². The molecule has 1 aliphatic rings. The first kappa shape index (κ1) is 17.9. The number of hydrogen-bond donors (Lipinski definition) is 2. The van der Waals surface area contributed by atoms with Crippen molar-refractivity contribution < 1.29 is 14.3 Å². The third-order valence-electron chi connectivity index (χ3n) is 3.64. The van der Waals surface area contributed by atoms with Gasteiger partial charge in [-0.1, -0.05) is 13.8 Å². The molecule has 6 heteroatoms. The van der Waals surface area contributed by atoms with E-state index >= 15 is 0 Å². The second-order valence-corrected chi connectivity index (χ2v) is 6.03. The third-order valence-corrected chi connectivity index (χ3v) is 3.64.